The lowest BCUT2D eigenvalue weighted by molar-refractivity contribution is 0.0743. The van der Waals surface area contributed by atoms with Gasteiger partial charge in [-0.1, -0.05) is 30.3 Å². The molecule has 6 heteroatoms. The first kappa shape index (κ1) is 17.2. The zero-order valence-electron chi connectivity index (χ0n) is 14.4. The van der Waals surface area contributed by atoms with Crippen LogP contribution in [0.4, 0.5) is 4.79 Å². The fourth-order valence-electron chi connectivity index (χ4n) is 3.16. The number of ether oxygens (including phenoxy) is 1. The van der Waals surface area contributed by atoms with E-state index in [-0.39, 0.29) is 17.8 Å². The summed E-state index contributed by atoms with van der Waals surface area (Å²) in [6.45, 7) is 3.89. The molecule has 2 aromatic rings. The Kier molecular flexibility index (Phi) is 5.48. The van der Waals surface area contributed by atoms with Gasteiger partial charge < -0.3 is 14.2 Å². The van der Waals surface area contributed by atoms with E-state index in [2.05, 4.69) is 4.98 Å². The highest BCUT2D eigenvalue weighted by atomic mass is 16.6. The van der Waals surface area contributed by atoms with Crippen molar-refractivity contribution >= 4 is 11.9 Å². The summed E-state index contributed by atoms with van der Waals surface area (Å²) in [4.78, 5) is 30.6. The van der Waals surface area contributed by atoms with Crippen molar-refractivity contribution in [1.29, 1.82) is 0 Å². The molecular formula is C19H23N3O3. The minimum Gasteiger partial charge on any atom is -0.450 e. The molecule has 3 rings (SSSR count). The number of nitrogens with zero attached hydrogens (tertiary/aromatic N) is 3. The van der Waals surface area contributed by atoms with Gasteiger partial charge in [0.25, 0.3) is 0 Å². The number of likely N-dealkylation sites (tertiary alicyclic amines) is 1. The summed E-state index contributed by atoms with van der Waals surface area (Å²) in [7, 11) is 0. The largest absolute Gasteiger partial charge is 0.450 e. The maximum absolute atomic E-state index is 12.9. The Labute approximate surface area is 147 Å². The zero-order chi connectivity index (χ0) is 17.6. The molecule has 0 radical (unpaired) electrons. The van der Waals surface area contributed by atoms with Crippen LogP contribution >= 0.6 is 0 Å². The van der Waals surface area contributed by atoms with Crippen LogP contribution in [0.2, 0.25) is 0 Å². The summed E-state index contributed by atoms with van der Waals surface area (Å²) in [6.07, 6.45) is 4.52. The molecule has 1 aliphatic heterocycles. The van der Waals surface area contributed by atoms with Crippen molar-refractivity contribution in [3.8, 4) is 0 Å². The van der Waals surface area contributed by atoms with Gasteiger partial charge in [0, 0.05) is 37.9 Å². The molecule has 1 aliphatic rings. The number of amides is 1. The lowest BCUT2D eigenvalue weighted by Gasteiger charge is -2.30. The van der Waals surface area contributed by atoms with Crippen LogP contribution in [0.5, 0.6) is 0 Å². The lowest BCUT2D eigenvalue weighted by atomic mass is 9.92. The second kappa shape index (κ2) is 7.96. The van der Waals surface area contributed by atoms with E-state index in [9.17, 15) is 9.59 Å². The van der Waals surface area contributed by atoms with Gasteiger partial charge in [-0.25, -0.2) is 9.78 Å². The molecule has 0 spiro atoms. The minimum absolute atomic E-state index is 0.0597. The number of aromatic nitrogens is 2. The fourth-order valence-corrected chi connectivity index (χ4v) is 3.16. The molecule has 1 fully saturated rings. The minimum atomic E-state index is -0.293. The van der Waals surface area contributed by atoms with Crippen molar-refractivity contribution in [2.75, 3.05) is 19.7 Å². The van der Waals surface area contributed by atoms with Gasteiger partial charge >= 0.3 is 6.09 Å². The molecule has 1 amide bonds. The quantitative estimate of drug-likeness (QED) is 0.784. The average Bonchev–Trinajstić information content (AvgIpc) is 3.10. The van der Waals surface area contributed by atoms with Crippen LogP contribution in [0, 0.1) is 5.92 Å². The smallest absolute Gasteiger partial charge is 0.409 e. The predicted octanol–water partition coefficient (Wildman–Crippen LogP) is 2.98. The normalized spacial score (nSPS) is 15.2. The highest BCUT2D eigenvalue weighted by Gasteiger charge is 2.30. The molecule has 0 saturated carbocycles. The third-order valence-electron chi connectivity index (χ3n) is 4.52. The van der Waals surface area contributed by atoms with Gasteiger partial charge in [0.05, 0.1) is 6.61 Å². The Morgan fingerprint density at radius 1 is 1.20 bits per heavy atom. The van der Waals surface area contributed by atoms with Gasteiger partial charge in [0.15, 0.2) is 5.82 Å². The van der Waals surface area contributed by atoms with Crippen LogP contribution in [-0.2, 0) is 11.3 Å². The molecule has 2 heterocycles. The molecule has 0 bridgehead atoms. The van der Waals surface area contributed by atoms with E-state index in [4.69, 9.17) is 4.74 Å². The number of imidazole rings is 1. The van der Waals surface area contributed by atoms with Crippen molar-refractivity contribution in [3.05, 3.63) is 54.1 Å². The molecule has 1 aromatic heterocycles. The van der Waals surface area contributed by atoms with Crippen LogP contribution in [-0.4, -0.2) is 46.0 Å². The van der Waals surface area contributed by atoms with Crippen LogP contribution in [0.15, 0.2) is 42.7 Å². The monoisotopic (exact) mass is 341 g/mol. The average molecular weight is 341 g/mol. The van der Waals surface area contributed by atoms with Gasteiger partial charge in [-0.05, 0) is 25.3 Å². The van der Waals surface area contributed by atoms with E-state index in [1.54, 1.807) is 18.0 Å². The fraction of sp³-hybridized carbons (Fsp3) is 0.421. The lowest BCUT2D eigenvalue weighted by Crippen LogP contribution is -2.41. The van der Waals surface area contributed by atoms with E-state index < -0.39 is 0 Å². The van der Waals surface area contributed by atoms with Crippen molar-refractivity contribution in [1.82, 2.24) is 14.5 Å². The van der Waals surface area contributed by atoms with E-state index in [1.807, 2.05) is 41.1 Å². The van der Waals surface area contributed by atoms with Gasteiger partial charge in [-0.15, -0.1) is 0 Å². The standard InChI is InChI=1S/C19H23N3O3/c1-2-25-19(24)21-11-8-16(9-12-21)17(23)18-20-10-13-22(18)14-15-6-4-3-5-7-15/h3-7,10,13,16H,2,8-9,11-12,14H2,1H3. The number of hydrogen-bond acceptors (Lipinski definition) is 4. The number of rotatable bonds is 5. The molecular weight excluding hydrogens is 318 g/mol. The molecule has 0 unspecified atom stereocenters. The highest BCUT2D eigenvalue weighted by Crippen LogP contribution is 2.22. The number of carbonyl (C=O) groups excluding carboxylic acids is 2. The highest BCUT2D eigenvalue weighted by molar-refractivity contribution is 5.95. The van der Waals surface area contributed by atoms with Crippen molar-refractivity contribution in [3.63, 3.8) is 0 Å². The molecule has 25 heavy (non-hydrogen) atoms. The second-order valence-corrected chi connectivity index (χ2v) is 6.19. The second-order valence-electron chi connectivity index (χ2n) is 6.19. The van der Waals surface area contributed by atoms with Gasteiger partial charge in [0.2, 0.25) is 5.78 Å². The Morgan fingerprint density at radius 2 is 1.92 bits per heavy atom. The number of piperidine rings is 1. The maximum atomic E-state index is 12.9. The molecule has 0 N–H and O–H groups in total. The maximum Gasteiger partial charge on any atom is 0.409 e. The predicted molar refractivity (Wildman–Crippen MR) is 93.4 cm³/mol. The number of hydrogen-bond donors (Lipinski definition) is 0. The summed E-state index contributed by atoms with van der Waals surface area (Å²) in [5.41, 5.74) is 1.13. The Morgan fingerprint density at radius 3 is 2.60 bits per heavy atom. The van der Waals surface area contributed by atoms with E-state index >= 15 is 0 Å². The summed E-state index contributed by atoms with van der Waals surface area (Å²) in [5, 5.41) is 0. The van der Waals surface area contributed by atoms with Crippen molar-refractivity contribution in [2.24, 2.45) is 5.92 Å². The molecule has 1 aromatic carbocycles. The molecule has 0 aliphatic carbocycles. The number of carbonyl (C=O) groups is 2. The Hall–Kier alpha value is -2.63. The summed E-state index contributed by atoms with van der Waals surface area (Å²) in [6, 6.07) is 10.0. The van der Waals surface area contributed by atoms with Gasteiger partial charge in [0.1, 0.15) is 0 Å². The number of Topliss-reactive ketones (excluding diaryl/α,β-unsaturated/α-hetero) is 1. The first-order valence-electron chi connectivity index (χ1n) is 8.70. The van der Waals surface area contributed by atoms with E-state index in [0.29, 0.717) is 44.9 Å². The van der Waals surface area contributed by atoms with Crippen LogP contribution in [0.3, 0.4) is 0 Å². The molecule has 1 saturated heterocycles. The summed E-state index contributed by atoms with van der Waals surface area (Å²) < 4.78 is 6.92. The first-order valence-corrected chi connectivity index (χ1v) is 8.70. The topological polar surface area (TPSA) is 64.4 Å². The molecule has 0 atom stereocenters. The Bertz CT molecular complexity index is 719. The zero-order valence-corrected chi connectivity index (χ0v) is 14.4. The van der Waals surface area contributed by atoms with Gasteiger partial charge in [-0.3, -0.25) is 4.79 Å². The van der Waals surface area contributed by atoms with Crippen LogP contribution in [0.1, 0.15) is 35.9 Å². The molecule has 132 valence electrons. The summed E-state index contributed by atoms with van der Waals surface area (Å²) >= 11 is 0. The number of ketones is 1. The third kappa shape index (κ3) is 4.07. The van der Waals surface area contributed by atoms with Crippen molar-refractivity contribution < 1.29 is 14.3 Å². The Balaban J connectivity index is 1.63. The SMILES string of the molecule is CCOC(=O)N1CCC(C(=O)c2nccn2Cc2ccccc2)CC1. The van der Waals surface area contributed by atoms with Crippen LogP contribution in [0.25, 0.3) is 0 Å². The van der Waals surface area contributed by atoms with Gasteiger partial charge in [-0.2, -0.15) is 0 Å². The third-order valence-corrected chi connectivity index (χ3v) is 4.52. The van der Waals surface area contributed by atoms with E-state index in [1.165, 1.54) is 0 Å². The van der Waals surface area contributed by atoms with Crippen LogP contribution < -0.4 is 0 Å². The van der Waals surface area contributed by atoms with Crippen molar-refractivity contribution in [2.45, 2.75) is 26.3 Å². The number of benzene rings is 1. The first-order chi connectivity index (χ1) is 12.2. The molecule has 6 nitrogen and oxygen atoms in total. The summed E-state index contributed by atoms with van der Waals surface area (Å²) in [5.74, 6) is 0.463. The van der Waals surface area contributed by atoms with E-state index in [0.717, 1.165) is 5.56 Å².